The maximum absolute atomic E-state index is 12.2. The molecule has 1 aromatic heterocycles. The lowest BCUT2D eigenvalue weighted by Gasteiger charge is -2.16. The first kappa shape index (κ1) is 13.8. The Morgan fingerprint density at radius 3 is 2.75 bits per heavy atom. The lowest BCUT2D eigenvalue weighted by Crippen LogP contribution is -2.26. The van der Waals surface area contributed by atoms with Crippen LogP contribution in [0.3, 0.4) is 0 Å². The van der Waals surface area contributed by atoms with Crippen molar-refractivity contribution in [2.45, 2.75) is 13.5 Å². The van der Waals surface area contributed by atoms with E-state index in [1.807, 2.05) is 0 Å². The van der Waals surface area contributed by atoms with Gasteiger partial charge in [-0.3, -0.25) is 14.9 Å². The summed E-state index contributed by atoms with van der Waals surface area (Å²) in [7, 11) is 1.65. The molecule has 0 saturated heterocycles. The Labute approximate surface area is 115 Å². The lowest BCUT2D eigenvalue weighted by molar-refractivity contribution is -0.384. The predicted molar refractivity (Wildman–Crippen MR) is 72.3 cm³/mol. The van der Waals surface area contributed by atoms with Gasteiger partial charge in [0.2, 0.25) is 0 Å². The fraction of sp³-hybridized carbons (Fsp3) is 0.214. The topological polar surface area (TPSA) is 76.6 Å². The number of carbonyl (C=O) groups is 1. The normalized spacial score (nSPS) is 10.3. The average Bonchev–Trinajstić information content (AvgIpc) is 2.84. The molecule has 0 spiro atoms. The van der Waals surface area contributed by atoms with Crippen LogP contribution in [0.25, 0.3) is 0 Å². The van der Waals surface area contributed by atoms with Gasteiger partial charge in [-0.15, -0.1) is 0 Å². The van der Waals surface area contributed by atoms with E-state index in [2.05, 4.69) is 0 Å². The van der Waals surface area contributed by atoms with Gasteiger partial charge in [0, 0.05) is 25.7 Å². The summed E-state index contributed by atoms with van der Waals surface area (Å²) >= 11 is 0. The molecule has 1 aromatic carbocycles. The number of benzene rings is 1. The quantitative estimate of drug-likeness (QED) is 0.634. The van der Waals surface area contributed by atoms with Gasteiger partial charge < -0.3 is 9.32 Å². The van der Waals surface area contributed by atoms with Crippen LogP contribution < -0.4 is 0 Å². The molecule has 0 radical (unpaired) electrons. The van der Waals surface area contributed by atoms with Gasteiger partial charge in [-0.1, -0.05) is 12.1 Å². The van der Waals surface area contributed by atoms with Crippen molar-refractivity contribution in [2.24, 2.45) is 0 Å². The molecule has 6 nitrogen and oxygen atoms in total. The molecule has 0 fully saturated rings. The Hall–Kier alpha value is -2.63. The van der Waals surface area contributed by atoms with Gasteiger partial charge >= 0.3 is 0 Å². The molecule has 104 valence electrons. The van der Waals surface area contributed by atoms with E-state index in [4.69, 9.17) is 4.42 Å². The van der Waals surface area contributed by atoms with Crippen LogP contribution in [-0.2, 0) is 6.54 Å². The SMILES string of the molecule is Cc1occc1C(=O)N(C)Cc1cccc([N+](=O)[O-])c1. The predicted octanol–water partition coefficient (Wildman–Crippen LogP) is 2.77. The summed E-state index contributed by atoms with van der Waals surface area (Å²) in [5.74, 6) is 0.378. The van der Waals surface area contributed by atoms with E-state index in [1.54, 1.807) is 32.2 Å². The van der Waals surface area contributed by atoms with Crippen LogP contribution in [0.4, 0.5) is 5.69 Å². The number of hydrogen-bond donors (Lipinski definition) is 0. The number of nitrogens with zero attached hydrogens (tertiary/aromatic N) is 2. The monoisotopic (exact) mass is 274 g/mol. The van der Waals surface area contributed by atoms with Crippen LogP contribution in [0.5, 0.6) is 0 Å². The van der Waals surface area contributed by atoms with Gasteiger partial charge in [-0.25, -0.2) is 0 Å². The smallest absolute Gasteiger partial charge is 0.269 e. The molecule has 0 N–H and O–H groups in total. The Balaban J connectivity index is 2.14. The van der Waals surface area contributed by atoms with E-state index < -0.39 is 4.92 Å². The number of aryl methyl sites for hydroxylation is 1. The zero-order valence-electron chi connectivity index (χ0n) is 11.2. The number of hydrogen-bond acceptors (Lipinski definition) is 4. The third kappa shape index (κ3) is 2.85. The third-order valence-electron chi connectivity index (χ3n) is 2.98. The molecule has 20 heavy (non-hydrogen) atoms. The van der Waals surface area contributed by atoms with Crippen molar-refractivity contribution in [2.75, 3.05) is 7.05 Å². The van der Waals surface area contributed by atoms with E-state index in [9.17, 15) is 14.9 Å². The van der Waals surface area contributed by atoms with Crippen molar-refractivity contribution < 1.29 is 14.1 Å². The molecule has 6 heteroatoms. The molecule has 0 atom stereocenters. The molecule has 2 rings (SSSR count). The van der Waals surface area contributed by atoms with Crippen LogP contribution in [0, 0.1) is 17.0 Å². The van der Waals surface area contributed by atoms with Crippen LogP contribution in [0.2, 0.25) is 0 Å². The highest BCUT2D eigenvalue weighted by Gasteiger charge is 2.17. The second kappa shape index (κ2) is 5.56. The molecular formula is C14H14N2O4. The molecule has 1 amide bonds. The summed E-state index contributed by atoms with van der Waals surface area (Å²) in [5, 5.41) is 10.7. The first-order valence-corrected chi connectivity index (χ1v) is 6.02. The van der Waals surface area contributed by atoms with Crippen molar-refractivity contribution in [1.29, 1.82) is 0 Å². The first-order chi connectivity index (χ1) is 9.49. The first-order valence-electron chi connectivity index (χ1n) is 6.02. The standard InChI is InChI=1S/C14H14N2O4/c1-10-13(6-7-20-10)14(17)15(2)9-11-4-3-5-12(8-11)16(18)19/h3-8H,9H2,1-2H3. The molecule has 0 aliphatic rings. The van der Waals surface area contributed by atoms with E-state index in [-0.39, 0.29) is 11.6 Å². The van der Waals surface area contributed by atoms with E-state index in [1.165, 1.54) is 23.3 Å². The highest BCUT2D eigenvalue weighted by molar-refractivity contribution is 5.94. The van der Waals surface area contributed by atoms with Gasteiger partial charge in [0.1, 0.15) is 5.76 Å². The lowest BCUT2D eigenvalue weighted by atomic mass is 10.1. The van der Waals surface area contributed by atoms with Gasteiger partial charge in [-0.05, 0) is 18.6 Å². The number of nitro benzene ring substituents is 1. The fourth-order valence-corrected chi connectivity index (χ4v) is 1.93. The minimum Gasteiger partial charge on any atom is -0.469 e. The highest BCUT2D eigenvalue weighted by atomic mass is 16.6. The van der Waals surface area contributed by atoms with Crippen molar-refractivity contribution in [1.82, 2.24) is 4.90 Å². The maximum Gasteiger partial charge on any atom is 0.269 e. The van der Waals surface area contributed by atoms with Crippen LogP contribution in [0.1, 0.15) is 21.7 Å². The van der Waals surface area contributed by atoms with Gasteiger partial charge in [0.15, 0.2) is 0 Å². The second-order valence-corrected chi connectivity index (χ2v) is 4.48. The van der Waals surface area contributed by atoms with Crippen LogP contribution in [-0.4, -0.2) is 22.8 Å². The molecule has 0 bridgehead atoms. The minimum absolute atomic E-state index is 0.0165. The molecule has 2 aromatic rings. The molecule has 0 unspecified atom stereocenters. The van der Waals surface area contributed by atoms with Crippen LogP contribution >= 0.6 is 0 Å². The van der Waals surface area contributed by atoms with Crippen molar-refractivity contribution >= 4 is 11.6 Å². The number of nitro groups is 1. The number of rotatable bonds is 4. The molecule has 0 aliphatic heterocycles. The summed E-state index contributed by atoms with van der Waals surface area (Å²) in [6.07, 6.45) is 1.46. The molecule has 1 heterocycles. The highest BCUT2D eigenvalue weighted by Crippen LogP contribution is 2.16. The van der Waals surface area contributed by atoms with E-state index in [0.29, 0.717) is 23.4 Å². The zero-order valence-corrected chi connectivity index (χ0v) is 11.2. The summed E-state index contributed by atoms with van der Waals surface area (Å²) < 4.78 is 5.10. The van der Waals surface area contributed by atoms with Crippen molar-refractivity contribution in [3.63, 3.8) is 0 Å². The largest absolute Gasteiger partial charge is 0.469 e. The Bertz CT molecular complexity index is 648. The third-order valence-corrected chi connectivity index (χ3v) is 2.98. The van der Waals surface area contributed by atoms with Crippen molar-refractivity contribution in [3.8, 4) is 0 Å². The second-order valence-electron chi connectivity index (χ2n) is 4.48. The van der Waals surface area contributed by atoms with Crippen molar-refractivity contribution in [3.05, 3.63) is 63.6 Å². The fourth-order valence-electron chi connectivity index (χ4n) is 1.93. The van der Waals surface area contributed by atoms with Crippen LogP contribution in [0.15, 0.2) is 41.0 Å². The summed E-state index contributed by atoms with van der Waals surface area (Å²) in [4.78, 5) is 23.9. The molecule has 0 aliphatic carbocycles. The van der Waals surface area contributed by atoms with Gasteiger partial charge in [-0.2, -0.15) is 0 Å². The van der Waals surface area contributed by atoms with Gasteiger partial charge in [0.25, 0.3) is 11.6 Å². The number of non-ortho nitro benzene ring substituents is 1. The van der Waals surface area contributed by atoms with E-state index >= 15 is 0 Å². The minimum atomic E-state index is -0.453. The Kier molecular flexibility index (Phi) is 3.84. The van der Waals surface area contributed by atoms with Gasteiger partial charge in [0.05, 0.1) is 16.7 Å². The average molecular weight is 274 g/mol. The number of amides is 1. The number of carbonyl (C=O) groups excluding carboxylic acids is 1. The Morgan fingerprint density at radius 2 is 2.15 bits per heavy atom. The summed E-state index contributed by atoms with van der Waals surface area (Å²) in [6, 6.07) is 7.85. The molecular weight excluding hydrogens is 260 g/mol. The summed E-state index contributed by atoms with van der Waals surface area (Å²) in [6.45, 7) is 2.01. The zero-order chi connectivity index (χ0) is 14.7. The summed E-state index contributed by atoms with van der Waals surface area (Å²) in [5.41, 5.74) is 1.22. The van der Waals surface area contributed by atoms with E-state index in [0.717, 1.165) is 0 Å². The maximum atomic E-state index is 12.2. The Morgan fingerprint density at radius 1 is 1.40 bits per heavy atom. The number of furan rings is 1. The molecule has 0 saturated carbocycles.